The Hall–Kier alpha value is -3.67. The first-order chi connectivity index (χ1) is 30.0. The molecule has 0 aromatic carbocycles. The van der Waals surface area contributed by atoms with Crippen molar-refractivity contribution in [3.8, 4) is 0 Å². The molecule has 1 atom stereocenters. The van der Waals surface area contributed by atoms with Crippen molar-refractivity contribution in [3.05, 3.63) is 97.2 Å². The highest BCUT2D eigenvalue weighted by Gasteiger charge is 2.19. The molecule has 0 spiro atoms. The lowest BCUT2D eigenvalue weighted by Crippen LogP contribution is -2.30. The van der Waals surface area contributed by atoms with E-state index in [1.807, 2.05) is 0 Å². The van der Waals surface area contributed by atoms with E-state index in [1.165, 1.54) is 38.5 Å². The molecule has 61 heavy (non-hydrogen) atoms. The summed E-state index contributed by atoms with van der Waals surface area (Å²) in [6.07, 6.45) is 63.9. The van der Waals surface area contributed by atoms with Gasteiger partial charge in [-0.05, 0) is 103 Å². The number of carbonyl (C=O) groups is 3. The molecule has 0 radical (unpaired) electrons. The number of hydrogen-bond donors (Lipinski definition) is 0. The number of rotatable bonds is 43. The normalized spacial score (nSPS) is 12.9. The molecule has 0 aromatic heterocycles. The van der Waals surface area contributed by atoms with Crippen molar-refractivity contribution in [2.75, 3.05) is 13.2 Å². The quantitative estimate of drug-likeness (QED) is 0.0200. The van der Waals surface area contributed by atoms with Crippen LogP contribution in [0.1, 0.15) is 213 Å². The zero-order valence-electron chi connectivity index (χ0n) is 39.4. The van der Waals surface area contributed by atoms with Gasteiger partial charge < -0.3 is 14.2 Å². The van der Waals surface area contributed by atoms with Crippen molar-refractivity contribution in [1.29, 1.82) is 0 Å². The van der Waals surface area contributed by atoms with Gasteiger partial charge in [0.05, 0.1) is 0 Å². The molecule has 1 unspecified atom stereocenters. The van der Waals surface area contributed by atoms with Crippen LogP contribution in [0.4, 0.5) is 0 Å². The van der Waals surface area contributed by atoms with Crippen LogP contribution >= 0.6 is 0 Å². The Bertz CT molecular complexity index is 1250. The third kappa shape index (κ3) is 47.2. The summed E-state index contributed by atoms with van der Waals surface area (Å²) in [6, 6.07) is 0. The zero-order valence-corrected chi connectivity index (χ0v) is 39.4. The van der Waals surface area contributed by atoms with Crippen molar-refractivity contribution in [1.82, 2.24) is 0 Å². The fraction of sp³-hybridized carbons (Fsp3) is 0.655. The van der Waals surface area contributed by atoms with Crippen molar-refractivity contribution < 1.29 is 28.6 Å². The van der Waals surface area contributed by atoms with Crippen LogP contribution in [0, 0.1) is 0 Å². The highest BCUT2D eigenvalue weighted by molar-refractivity contribution is 5.71. The fourth-order valence-electron chi connectivity index (χ4n) is 6.39. The average Bonchev–Trinajstić information content (AvgIpc) is 3.26. The van der Waals surface area contributed by atoms with Gasteiger partial charge in [0, 0.05) is 19.3 Å². The molecule has 0 fully saturated rings. The molecule has 0 aliphatic heterocycles. The standard InChI is InChI=1S/C55H90O6/c1-4-7-10-13-16-19-22-24-26-28-30-33-36-39-42-45-48-54(57)60-51-52(50-59-53(56)47-44-41-38-35-32-21-18-15-12-9-6-3)61-55(58)49-46-43-40-37-34-31-29-27-25-23-20-17-14-11-8-5-2/h7-8,10-11,15-21,24-27,32,52H,4-6,9,12-14,22-23,28-31,33-51H2,1-3H3/b10-7-,11-8-,18-15-,19-16-,20-17-,26-24-,27-25-,32-21-. The molecule has 0 N–H and O–H groups in total. The maximum atomic E-state index is 12.8. The summed E-state index contributed by atoms with van der Waals surface area (Å²) in [5.74, 6) is -0.959. The van der Waals surface area contributed by atoms with Crippen LogP contribution < -0.4 is 0 Å². The lowest BCUT2D eigenvalue weighted by Gasteiger charge is -2.18. The Kier molecular flexibility index (Phi) is 46.0. The van der Waals surface area contributed by atoms with Gasteiger partial charge in [-0.2, -0.15) is 0 Å². The Balaban J connectivity index is 4.46. The van der Waals surface area contributed by atoms with Gasteiger partial charge in [0.15, 0.2) is 6.10 Å². The molecule has 0 saturated heterocycles. The molecular weight excluding hydrogens is 757 g/mol. The van der Waals surface area contributed by atoms with Crippen molar-refractivity contribution in [2.24, 2.45) is 0 Å². The first kappa shape index (κ1) is 57.3. The third-order valence-corrected chi connectivity index (χ3v) is 10.1. The van der Waals surface area contributed by atoms with E-state index in [1.54, 1.807) is 0 Å². The van der Waals surface area contributed by atoms with Gasteiger partial charge in [-0.3, -0.25) is 14.4 Å². The topological polar surface area (TPSA) is 78.9 Å². The molecular formula is C55H90O6. The molecule has 0 saturated carbocycles. The minimum atomic E-state index is -0.801. The van der Waals surface area contributed by atoms with E-state index in [2.05, 4.69) is 118 Å². The van der Waals surface area contributed by atoms with Crippen LogP contribution in [-0.4, -0.2) is 37.2 Å². The summed E-state index contributed by atoms with van der Waals surface area (Å²) in [4.78, 5) is 37.9. The molecule has 0 aliphatic rings. The minimum absolute atomic E-state index is 0.0999. The number of ether oxygens (including phenoxy) is 3. The summed E-state index contributed by atoms with van der Waals surface area (Å²) in [5.41, 5.74) is 0. The van der Waals surface area contributed by atoms with Gasteiger partial charge in [-0.1, -0.05) is 189 Å². The van der Waals surface area contributed by atoms with Gasteiger partial charge in [0.1, 0.15) is 13.2 Å². The predicted octanol–water partition coefficient (Wildman–Crippen LogP) is 16.2. The van der Waals surface area contributed by atoms with Crippen LogP contribution in [0.5, 0.6) is 0 Å². The first-order valence-electron chi connectivity index (χ1n) is 24.8. The molecule has 346 valence electrons. The molecule has 0 heterocycles. The summed E-state index contributed by atoms with van der Waals surface area (Å²) >= 11 is 0. The Morgan fingerprint density at radius 1 is 0.361 bits per heavy atom. The van der Waals surface area contributed by atoms with Gasteiger partial charge in [0.25, 0.3) is 0 Å². The third-order valence-electron chi connectivity index (χ3n) is 10.1. The van der Waals surface area contributed by atoms with E-state index >= 15 is 0 Å². The van der Waals surface area contributed by atoms with E-state index < -0.39 is 6.10 Å². The number of allylic oxidation sites excluding steroid dienone is 16. The number of esters is 3. The number of carbonyl (C=O) groups excluding carboxylic acids is 3. The molecule has 0 bridgehead atoms. The highest BCUT2D eigenvalue weighted by atomic mass is 16.6. The zero-order chi connectivity index (χ0) is 44.4. The fourth-order valence-corrected chi connectivity index (χ4v) is 6.39. The van der Waals surface area contributed by atoms with Crippen molar-refractivity contribution in [3.63, 3.8) is 0 Å². The van der Waals surface area contributed by atoms with Crippen LogP contribution in [0.15, 0.2) is 97.2 Å². The summed E-state index contributed by atoms with van der Waals surface area (Å²) in [5, 5.41) is 0. The molecule has 0 aliphatic carbocycles. The lowest BCUT2D eigenvalue weighted by atomic mass is 10.1. The number of unbranched alkanes of at least 4 members (excludes halogenated alkanes) is 17. The average molecular weight is 847 g/mol. The van der Waals surface area contributed by atoms with Crippen molar-refractivity contribution in [2.45, 2.75) is 219 Å². The minimum Gasteiger partial charge on any atom is -0.462 e. The van der Waals surface area contributed by atoms with E-state index in [0.29, 0.717) is 19.3 Å². The monoisotopic (exact) mass is 847 g/mol. The SMILES string of the molecule is CC/C=C\C/C=C\C/C=C\CCCCCCCCC(=O)OCC(COC(=O)CCCCC/C=C\C=C/CCCC)OC(=O)CCCCCCCC/C=C\C/C=C\C/C=C\CC. The van der Waals surface area contributed by atoms with Crippen LogP contribution in [0.3, 0.4) is 0 Å². The predicted molar refractivity (Wildman–Crippen MR) is 260 cm³/mol. The van der Waals surface area contributed by atoms with E-state index in [0.717, 1.165) is 135 Å². The second kappa shape index (κ2) is 49.0. The first-order valence-corrected chi connectivity index (χ1v) is 24.8. The Labute approximate surface area is 375 Å². The van der Waals surface area contributed by atoms with Crippen LogP contribution in [0.25, 0.3) is 0 Å². The molecule has 0 aromatic rings. The van der Waals surface area contributed by atoms with E-state index in [9.17, 15) is 14.4 Å². The summed E-state index contributed by atoms with van der Waals surface area (Å²) in [6.45, 7) is 6.30. The Morgan fingerprint density at radius 3 is 1.11 bits per heavy atom. The van der Waals surface area contributed by atoms with Gasteiger partial charge >= 0.3 is 17.9 Å². The summed E-state index contributed by atoms with van der Waals surface area (Å²) < 4.78 is 16.7. The smallest absolute Gasteiger partial charge is 0.306 e. The van der Waals surface area contributed by atoms with Crippen LogP contribution in [-0.2, 0) is 28.6 Å². The molecule has 6 nitrogen and oxygen atoms in total. The molecule has 0 rings (SSSR count). The highest BCUT2D eigenvalue weighted by Crippen LogP contribution is 2.13. The largest absolute Gasteiger partial charge is 0.462 e. The van der Waals surface area contributed by atoms with E-state index in [-0.39, 0.29) is 31.1 Å². The van der Waals surface area contributed by atoms with Crippen molar-refractivity contribution >= 4 is 17.9 Å². The maximum Gasteiger partial charge on any atom is 0.306 e. The van der Waals surface area contributed by atoms with Crippen LogP contribution in [0.2, 0.25) is 0 Å². The van der Waals surface area contributed by atoms with E-state index in [4.69, 9.17) is 14.2 Å². The summed E-state index contributed by atoms with van der Waals surface area (Å²) in [7, 11) is 0. The molecule has 6 heteroatoms. The lowest BCUT2D eigenvalue weighted by molar-refractivity contribution is -0.167. The van der Waals surface area contributed by atoms with Gasteiger partial charge in [-0.15, -0.1) is 0 Å². The second-order valence-electron chi connectivity index (χ2n) is 16.0. The second-order valence-corrected chi connectivity index (χ2v) is 16.0. The maximum absolute atomic E-state index is 12.8. The van der Waals surface area contributed by atoms with Gasteiger partial charge in [0.2, 0.25) is 0 Å². The molecule has 0 amide bonds. The Morgan fingerprint density at radius 2 is 0.689 bits per heavy atom. The number of hydrogen-bond acceptors (Lipinski definition) is 6. The van der Waals surface area contributed by atoms with Gasteiger partial charge in [-0.25, -0.2) is 0 Å².